The molecule has 0 bridgehead atoms. The Morgan fingerprint density at radius 1 is 1.22 bits per heavy atom. The number of carbonyl (C=O) groups is 1. The van der Waals surface area contributed by atoms with E-state index < -0.39 is 10.0 Å². The highest BCUT2D eigenvalue weighted by Gasteiger charge is 2.32. The van der Waals surface area contributed by atoms with Crippen molar-refractivity contribution in [3.05, 3.63) is 18.0 Å². The first kappa shape index (κ1) is 20.4. The quantitative estimate of drug-likeness (QED) is 0.819. The lowest BCUT2D eigenvalue weighted by Gasteiger charge is -2.32. The molecule has 1 aromatic heterocycles. The molecule has 2 saturated heterocycles. The maximum atomic E-state index is 13.0. The first-order valence-electron chi connectivity index (χ1n) is 9.93. The van der Waals surface area contributed by atoms with Gasteiger partial charge in [0.05, 0.1) is 0 Å². The first-order chi connectivity index (χ1) is 12.8. The van der Waals surface area contributed by atoms with Gasteiger partial charge in [-0.05, 0) is 57.2 Å². The number of piperidine rings is 2. The Hall–Kier alpha value is -1.38. The molecule has 0 saturated carbocycles. The second-order valence-corrected chi connectivity index (χ2v) is 10.0. The molecule has 0 radical (unpaired) electrons. The van der Waals surface area contributed by atoms with Crippen LogP contribution < -0.4 is 5.32 Å². The van der Waals surface area contributed by atoms with Crippen LogP contribution in [0.25, 0.3) is 0 Å². The summed E-state index contributed by atoms with van der Waals surface area (Å²) in [6, 6.07) is 1.55. The molecule has 2 aliphatic heterocycles. The molecule has 1 amide bonds. The molecule has 1 N–H and O–H groups in total. The van der Waals surface area contributed by atoms with Gasteiger partial charge in [-0.1, -0.05) is 6.92 Å². The van der Waals surface area contributed by atoms with Crippen molar-refractivity contribution in [2.24, 2.45) is 18.9 Å². The Bertz CT molecular complexity index is 766. The van der Waals surface area contributed by atoms with E-state index in [2.05, 4.69) is 12.2 Å². The predicted octanol–water partition coefficient (Wildman–Crippen LogP) is 1.52. The van der Waals surface area contributed by atoms with Crippen LogP contribution in [0.2, 0.25) is 0 Å². The number of amides is 1. The second-order valence-electron chi connectivity index (χ2n) is 8.08. The van der Waals surface area contributed by atoms with Crippen LogP contribution >= 0.6 is 0 Å². The topological polar surface area (TPSA) is 74.7 Å². The smallest absolute Gasteiger partial charge is 0.270 e. The highest BCUT2D eigenvalue weighted by Crippen LogP contribution is 2.26. The van der Waals surface area contributed by atoms with Crippen molar-refractivity contribution in [1.29, 1.82) is 0 Å². The Morgan fingerprint density at radius 2 is 1.93 bits per heavy atom. The van der Waals surface area contributed by atoms with Crippen molar-refractivity contribution < 1.29 is 13.2 Å². The fourth-order valence-corrected chi connectivity index (χ4v) is 5.86. The summed E-state index contributed by atoms with van der Waals surface area (Å²) in [6.45, 7) is 5.62. The average molecular weight is 397 g/mol. The normalized spacial score (nSPS) is 22.9. The molecule has 2 aliphatic rings. The molecule has 0 aliphatic carbocycles. The molecule has 1 aromatic rings. The van der Waals surface area contributed by atoms with Crippen molar-refractivity contribution in [3.8, 4) is 0 Å². The van der Waals surface area contributed by atoms with Gasteiger partial charge < -0.3 is 14.8 Å². The van der Waals surface area contributed by atoms with E-state index in [-0.39, 0.29) is 10.8 Å². The third-order valence-electron chi connectivity index (χ3n) is 5.85. The molecule has 152 valence electrons. The van der Waals surface area contributed by atoms with Gasteiger partial charge in [-0.15, -0.1) is 0 Å². The van der Waals surface area contributed by atoms with Gasteiger partial charge in [0.1, 0.15) is 10.6 Å². The van der Waals surface area contributed by atoms with E-state index >= 15 is 0 Å². The largest absolute Gasteiger partial charge is 0.345 e. The summed E-state index contributed by atoms with van der Waals surface area (Å²) >= 11 is 0. The Kier molecular flexibility index (Phi) is 6.28. The van der Waals surface area contributed by atoms with Gasteiger partial charge in [0.2, 0.25) is 10.0 Å². The number of carbonyl (C=O) groups excluding carboxylic acids is 1. The van der Waals surface area contributed by atoms with E-state index in [4.69, 9.17) is 0 Å². The summed E-state index contributed by atoms with van der Waals surface area (Å²) in [6.07, 6.45) is 5.49. The van der Waals surface area contributed by atoms with Crippen molar-refractivity contribution in [1.82, 2.24) is 19.1 Å². The monoisotopic (exact) mass is 396 g/mol. The second kappa shape index (κ2) is 8.32. The lowest BCUT2D eigenvalue weighted by atomic mass is 9.96. The van der Waals surface area contributed by atoms with E-state index in [0.29, 0.717) is 30.6 Å². The number of aromatic nitrogens is 1. The van der Waals surface area contributed by atoms with Crippen LogP contribution in [0.15, 0.2) is 17.2 Å². The number of hydrogen-bond acceptors (Lipinski definition) is 4. The van der Waals surface area contributed by atoms with Crippen LogP contribution in [-0.4, -0.2) is 67.9 Å². The van der Waals surface area contributed by atoms with E-state index in [1.165, 1.54) is 0 Å². The van der Waals surface area contributed by atoms with Crippen molar-refractivity contribution in [2.45, 2.75) is 37.5 Å². The zero-order valence-electron chi connectivity index (χ0n) is 16.6. The highest BCUT2D eigenvalue weighted by atomic mass is 32.2. The predicted molar refractivity (Wildman–Crippen MR) is 105 cm³/mol. The van der Waals surface area contributed by atoms with Crippen LogP contribution in [0.1, 0.15) is 43.1 Å². The summed E-state index contributed by atoms with van der Waals surface area (Å²) in [5, 5.41) is 3.20. The number of likely N-dealkylation sites (tertiary alicyclic amines) is 1. The lowest BCUT2D eigenvalue weighted by Crippen LogP contribution is -2.41. The minimum atomic E-state index is -3.54. The third kappa shape index (κ3) is 4.38. The third-order valence-corrected chi connectivity index (χ3v) is 7.68. The summed E-state index contributed by atoms with van der Waals surface area (Å²) in [7, 11) is 0.156. The number of nitrogens with one attached hydrogen (secondary N) is 1. The first-order valence-corrected chi connectivity index (χ1v) is 11.4. The van der Waals surface area contributed by atoms with Crippen LogP contribution in [0, 0.1) is 11.8 Å². The minimum Gasteiger partial charge on any atom is -0.345 e. The van der Waals surface area contributed by atoms with Gasteiger partial charge in [-0.25, -0.2) is 8.42 Å². The molecule has 2 fully saturated rings. The standard InChI is InChI=1S/C19H32N4O3S/c1-15-5-4-8-23(13-15)27(25,26)17-11-18(21(3)14-17)19(24)22-9-6-16(7-10-22)12-20-2/h11,14-16,20H,4-10,12-13H2,1-3H3. The van der Waals surface area contributed by atoms with Crippen molar-refractivity contribution in [2.75, 3.05) is 39.8 Å². The zero-order chi connectivity index (χ0) is 19.6. The van der Waals surface area contributed by atoms with Gasteiger partial charge in [-0.2, -0.15) is 4.31 Å². The summed E-state index contributed by atoms with van der Waals surface area (Å²) in [5.74, 6) is 0.899. The molecule has 3 heterocycles. The SMILES string of the molecule is CNCC1CCN(C(=O)c2cc(S(=O)(=O)N3CCCC(C)C3)cn2C)CC1. The molecule has 1 unspecified atom stereocenters. The maximum Gasteiger partial charge on any atom is 0.270 e. The zero-order valence-corrected chi connectivity index (χ0v) is 17.5. The Morgan fingerprint density at radius 3 is 2.56 bits per heavy atom. The molecule has 27 heavy (non-hydrogen) atoms. The average Bonchev–Trinajstić information content (AvgIpc) is 3.04. The molecule has 0 aromatic carbocycles. The van der Waals surface area contributed by atoms with Crippen LogP contribution in [0.3, 0.4) is 0 Å². The van der Waals surface area contributed by atoms with Crippen molar-refractivity contribution in [3.63, 3.8) is 0 Å². The van der Waals surface area contributed by atoms with Gasteiger partial charge in [0, 0.05) is 39.4 Å². The van der Waals surface area contributed by atoms with Gasteiger partial charge in [0.25, 0.3) is 5.91 Å². The summed E-state index contributed by atoms with van der Waals surface area (Å²) in [4.78, 5) is 15.0. The Labute approximate surface area is 162 Å². The number of aryl methyl sites for hydroxylation is 1. The van der Waals surface area contributed by atoms with Crippen LogP contribution in [0.5, 0.6) is 0 Å². The summed E-state index contributed by atoms with van der Waals surface area (Å²) in [5.41, 5.74) is 0.450. The molecular formula is C19H32N4O3S. The number of rotatable bonds is 5. The van der Waals surface area contributed by atoms with Crippen LogP contribution in [-0.2, 0) is 17.1 Å². The fourth-order valence-electron chi connectivity index (χ4n) is 4.19. The minimum absolute atomic E-state index is 0.0751. The Balaban J connectivity index is 1.73. The molecule has 7 nitrogen and oxygen atoms in total. The van der Waals surface area contributed by atoms with E-state index in [0.717, 1.165) is 45.3 Å². The fraction of sp³-hybridized carbons (Fsp3) is 0.737. The van der Waals surface area contributed by atoms with E-state index in [9.17, 15) is 13.2 Å². The number of hydrogen-bond donors (Lipinski definition) is 1. The lowest BCUT2D eigenvalue weighted by molar-refractivity contribution is 0.0681. The number of nitrogens with zero attached hydrogens (tertiary/aromatic N) is 3. The number of sulfonamides is 1. The van der Waals surface area contributed by atoms with Crippen LogP contribution in [0.4, 0.5) is 0 Å². The summed E-state index contributed by atoms with van der Waals surface area (Å²) < 4.78 is 29.2. The molecule has 8 heteroatoms. The molecule has 3 rings (SSSR count). The highest BCUT2D eigenvalue weighted by molar-refractivity contribution is 7.89. The van der Waals surface area contributed by atoms with E-state index in [1.54, 1.807) is 28.2 Å². The van der Waals surface area contributed by atoms with Crippen molar-refractivity contribution >= 4 is 15.9 Å². The van der Waals surface area contributed by atoms with Gasteiger partial charge >= 0.3 is 0 Å². The maximum absolute atomic E-state index is 13.0. The molecular weight excluding hydrogens is 364 g/mol. The van der Waals surface area contributed by atoms with Gasteiger partial charge in [-0.3, -0.25) is 4.79 Å². The van der Waals surface area contributed by atoms with E-state index in [1.807, 2.05) is 11.9 Å². The molecule has 1 atom stereocenters. The molecule has 0 spiro atoms. The van der Waals surface area contributed by atoms with Gasteiger partial charge in [0.15, 0.2) is 0 Å².